The fraction of sp³-hybridized carbons (Fsp3) is 0.467. The number of hydrogen-bond donors (Lipinski definition) is 2. The zero-order valence-electron chi connectivity index (χ0n) is 12.8. The average Bonchev–Trinajstić information content (AvgIpc) is 2.45. The summed E-state index contributed by atoms with van der Waals surface area (Å²) in [5, 5.41) is 22.5. The number of carboxylic acid groups (broad SMARTS) is 1. The molecule has 0 radical (unpaired) electrons. The minimum absolute atomic E-state index is 0.0537. The Hall–Kier alpha value is -2.44. The summed E-state index contributed by atoms with van der Waals surface area (Å²) in [6.45, 7) is 5.17. The highest BCUT2D eigenvalue weighted by atomic mass is 16.6. The molecule has 2 atom stereocenters. The normalized spacial score (nSPS) is 13.2. The smallest absolute Gasteiger partial charge is 0.326 e. The minimum atomic E-state index is -1.08. The molecule has 0 unspecified atom stereocenters. The Morgan fingerprint density at radius 1 is 1.41 bits per heavy atom. The topological polar surface area (TPSA) is 110 Å². The van der Waals surface area contributed by atoms with Crippen molar-refractivity contribution in [3.8, 4) is 0 Å². The van der Waals surface area contributed by atoms with Gasteiger partial charge in [0.2, 0.25) is 5.91 Å². The Morgan fingerprint density at radius 2 is 2.05 bits per heavy atom. The summed E-state index contributed by atoms with van der Waals surface area (Å²) in [4.78, 5) is 33.6. The molecule has 0 heterocycles. The molecule has 22 heavy (non-hydrogen) atoms. The molecular weight excluding hydrogens is 288 g/mol. The van der Waals surface area contributed by atoms with Crippen molar-refractivity contribution >= 4 is 17.6 Å². The van der Waals surface area contributed by atoms with Gasteiger partial charge in [-0.25, -0.2) is 4.79 Å². The molecule has 7 heteroatoms. The number of benzene rings is 1. The molecule has 7 nitrogen and oxygen atoms in total. The highest BCUT2D eigenvalue weighted by Crippen LogP contribution is 2.21. The van der Waals surface area contributed by atoms with Crippen LogP contribution in [-0.2, 0) is 16.0 Å². The molecule has 1 rings (SSSR count). The van der Waals surface area contributed by atoms with Gasteiger partial charge < -0.3 is 10.4 Å². The molecule has 1 amide bonds. The second-order valence-corrected chi connectivity index (χ2v) is 5.26. The maximum atomic E-state index is 12.0. The SMILES string of the molecule is CC[C@H](C)[C@H](NC(=O)Cc1cccc([N+](=O)[O-])c1C)C(=O)O. The van der Waals surface area contributed by atoms with E-state index in [1.165, 1.54) is 12.1 Å². The fourth-order valence-electron chi connectivity index (χ4n) is 2.14. The molecule has 0 saturated heterocycles. The number of amides is 1. The van der Waals surface area contributed by atoms with Gasteiger partial charge in [-0.05, 0) is 18.4 Å². The Kier molecular flexibility index (Phi) is 6.03. The van der Waals surface area contributed by atoms with Crippen molar-refractivity contribution < 1.29 is 19.6 Å². The number of nitrogens with zero attached hydrogens (tertiary/aromatic N) is 1. The van der Waals surface area contributed by atoms with E-state index in [0.29, 0.717) is 17.5 Å². The lowest BCUT2D eigenvalue weighted by Crippen LogP contribution is -2.45. The predicted molar refractivity (Wildman–Crippen MR) is 80.6 cm³/mol. The average molecular weight is 308 g/mol. The van der Waals surface area contributed by atoms with Crippen LogP contribution in [0.3, 0.4) is 0 Å². The van der Waals surface area contributed by atoms with Crippen molar-refractivity contribution in [2.75, 3.05) is 0 Å². The third kappa shape index (κ3) is 4.28. The Morgan fingerprint density at radius 3 is 2.55 bits per heavy atom. The molecule has 0 bridgehead atoms. The molecule has 0 aliphatic rings. The highest BCUT2D eigenvalue weighted by Gasteiger charge is 2.25. The van der Waals surface area contributed by atoms with Crippen LogP contribution in [0.25, 0.3) is 0 Å². The molecule has 1 aromatic carbocycles. The van der Waals surface area contributed by atoms with Gasteiger partial charge in [0.25, 0.3) is 5.69 Å². The second-order valence-electron chi connectivity index (χ2n) is 5.26. The van der Waals surface area contributed by atoms with Crippen LogP contribution >= 0.6 is 0 Å². The summed E-state index contributed by atoms with van der Waals surface area (Å²) in [6.07, 6.45) is 0.529. The van der Waals surface area contributed by atoms with Gasteiger partial charge in [0.05, 0.1) is 11.3 Å². The zero-order chi connectivity index (χ0) is 16.9. The molecule has 0 aromatic heterocycles. The van der Waals surface area contributed by atoms with E-state index < -0.39 is 22.8 Å². The third-order valence-corrected chi connectivity index (χ3v) is 3.76. The third-order valence-electron chi connectivity index (χ3n) is 3.76. The van der Waals surface area contributed by atoms with E-state index in [1.807, 2.05) is 6.92 Å². The van der Waals surface area contributed by atoms with Gasteiger partial charge in [0, 0.05) is 11.6 Å². The first-order chi connectivity index (χ1) is 10.3. The first-order valence-corrected chi connectivity index (χ1v) is 7.03. The predicted octanol–water partition coefficient (Wildman–Crippen LogP) is 2.06. The van der Waals surface area contributed by atoms with Crippen molar-refractivity contribution in [1.82, 2.24) is 5.32 Å². The highest BCUT2D eigenvalue weighted by molar-refractivity contribution is 5.85. The van der Waals surface area contributed by atoms with E-state index in [1.54, 1.807) is 19.9 Å². The number of carboxylic acids is 1. The van der Waals surface area contributed by atoms with Gasteiger partial charge in [-0.2, -0.15) is 0 Å². The molecule has 2 N–H and O–H groups in total. The number of nitrogens with one attached hydrogen (secondary N) is 1. The largest absolute Gasteiger partial charge is 0.480 e. The Bertz CT molecular complexity index is 585. The summed E-state index contributed by atoms with van der Waals surface area (Å²) >= 11 is 0. The lowest BCUT2D eigenvalue weighted by molar-refractivity contribution is -0.385. The number of nitro groups is 1. The second kappa shape index (κ2) is 7.53. The lowest BCUT2D eigenvalue weighted by Gasteiger charge is -2.20. The molecular formula is C15H20N2O5. The van der Waals surface area contributed by atoms with Crippen molar-refractivity contribution in [2.45, 2.75) is 39.7 Å². The van der Waals surface area contributed by atoms with E-state index in [9.17, 15) is 19.7 Å². The van der Waals surface area contributed by atoms with Crippen molar-refractivity contribution in [1.29, 1.82) is 0 Å². The van der Waals surface area contributed by atoms with Crippen LogP contribution in [0.1, 0.15) is 31.4 Å². The Balaban J connectivity index is 2.87. The first-order valence-electron chi connectivity index (χ1n) is 7.03. The number of carbonyl (C=O) groups excluding carboxylic acids is 1. The molecule has 0 aliphatic heterocycles. The van der Waals surface area contributed by atoms with Crippen molar-refractivity contribution in [3.05, 3.63) is 39.4 Å². The Labute approximate surface area is 128 Å². The van der Waals surface area contributed by atoms with Gasteiger partial charge in [-0.1, -0.05) is 32.4 Å². The van der Waals surface area contributed by atoms with Gasteiger partial charge in [-0.3, -0.25) is 14.9 Å². The van der Waals surface area contributed by atoms with Crippen LogP contribution in [0.2, 0.25) is 0 Å². The van der Waals surface area contributed by atoms with Crippen LogP contribution in [-0.4, -0.2) is 27.9 Å². The molecule has 1 aromatic rings. The number of carbonyl (C=O) groups is 2. The van der Waals surface area contributed by atoms with Gasteiger partial charge in [0.1, 0.15) is 6.04 Å². The monoisotopic (exact) mass is 308 g/mol. The number of nitro benzene ring substituents is 1. The van der Waals surface area contributed by atoms with Crippen LogP contribution in [0.15, 0.2) is 18.2 Å². The van der Waals surface area contributed by atoms with Crippen LogP contribution in [0.5, 0.6) is 0 Å². The van der Waals surface area contributed by atoms with E-state index in [4.69, 9.17) is 5.11 Å². The summed E-state index contributed by atoms with van der Waals surface area (Å²) in [5.41, 5.74) is 0.875. The standard InChI is InChI=1S/C15H20N2O5/c1-4-9(2)14(15(19)20)16-13(18)8-11-6-5-7-12(10(11)3)17(21)22/h5-7,9,14H,4,8H2,1-3H3,(H,16,18)(H,19,20)/t9-,14-/m0/s1. The van der Waals surface area contributed by atoms with E-state index in [-0.39, 0.29) is 18.0 Å². The quantitative estimate of drug-likeness (QED) is 0.592. The van der Waals surface area contributed by atoms with Crippen LogP contribution in [0, 0.1) is 23.0 Å². The molecule has 0 aliphatic carbocycles. The van der Waals surface area contributed by atoms with Crippen LogP contribution in [0.4, 0.5) is 5.69 Å². The number of rotatable bonds is 7. The summed E-state index contributed by atoms with van der Waals surface area (Å²) < 4.78 is 0. The summed E-state index contributed by atoms with van der Waals surface area (Å²) in [5.74, 6) is -1.75. The molecule has 0 fully saturated rings. The maximum Gasteiger partial charge on any atom is 0.326 e. The molecule has 0 spiro atoms. The van der Waals surface area contributed by atoms with Gasteiger partial charge in [-0.15, -0.1) is 0 Å². The zero-order valence-corrected chi connectivity index (χ0v) is 12.8. The number of aliphatic carboxylic acids is 1. The summed E-state index contributed by atoms with van der Waals surface area (Å²) in [6, 6.07) is 3.55. The van der Waals surface area contributed by atoms with Gasteiger partial charge in [0.15, 0.2) is 0 Å². The van der Waals surface area contributed by atoms with Gasteiger partial charge >= 0.3 is 5.97 Å². The molecule has 0 saturated carbocycles. The summed E-state index contributed by atoms with van der Waals surface area (Å²) in [7, 11) is 0. The first kappa shape index (κ1) is 17.6. The lowest BCUT2D eigenvalue weighted by atomic mass is 9.98. The molecule has 120 valence electrons. The van der Waals surface area contributed by atoms with Crippen LogP contribution < -0.4 is 5.32 Å². The van der Waals surface area contributed by atoms with E-state index >= 15 is 0 Å². The number of hydrogen-bond acceptors (Lipinski definition) is 4. The maximum absolute atomic E-state index is 12.0. The van der Waals surface area contributed by atoms with E-state index in [2.05, 4.69) is 5.32 Å². The van der Waals surface area contributed by atoms with Crippen molar-refractivity contribution in [2.24, 2.45) is 5.92 Å². The minimum Gasteiger partial charge on any atom is -0.480 e. The fourth-order valence-corrected chi connectivity index (χ4v) is 2.14. The van der Waals surface area contributed by atoms with Crippen molar-refractivity contribution in [3.63, 3.8) is 0 Å². The van der Waals surface area contributed by atoms with E-state index in [0.717, 1.165) is 0 Å².